The van der Waals surface area contributed by atoms with E-state index in [2.05, 4.69) is 0 Å². The molecule has 1 aliphatic heterocycles. The first-order chi connectivity index (χ1) is 6.43. The molecular weight excluding hydrogens is 196 g/mol. The Kier molecular flexibility index (Phi) is 3.77. The molecule has 1 fully saturated rings. The van der Waals surface area contributed by atoms with Gasteiger partial charge in [-0.05, 0) is 6.92 Å². The van der Waals surface area contributed by atoms with Crippen LogP contribution in [0.4, 0.5) is 8.78 Å². The quantitative estimate of drug-likeness (QED) is 0.562. The Morgan fingerprint density at radius 1 is 1.29 bits per heavy atom. The molecule has 0 bridgehead atoms. The molecule has 1 heterocycles. The number of likely N-dealkylation sites (tertiary alicyclic amines) is 1. The van der Waals surface area contributed by atoms with Crippen LogP contribution in [0, 0.1) is 5.92 Å². The SMILES string of the molecule is CC(O)N1CC(O)C(O)C(C(F)F)C1. The lowest BCUT2D eigenvalue weighted by atomic mass is 9.93. The van der Waals surface area contributed by atoms with E-state index in [4.69, 9.17) is 5.11 Å². The lowest BCUT2D eigenvalue weighted by Gasteiger charge is -2.40. The molecule has 0 amide bonds. The first kappa shape index (κ1) is 11.8. The summed E-state index contributed by atoms with van der Waals surface area (Å²) in [4.78, 5) is 1.31. The van der Waals surface area contributed by atoms with Crippen molar-refractivity contribution >= 4 is 0 Å². The van der Waals surface area contributed by atoms with Crippen LogP contribution >= 0.6 is 0 Å². The highest BCUT2D eigenvalue weighted by molar-refractivity contribution is 4.87. The van der Waals surface area contributed by atoms with Crippen LogP contribution in [0.3, 0.4) is 0 Å². The monoisotopic (exact) mass is 211 g/mol. The second kappa shape index (κ2) is 4.48. The number of halogens is 2. The highest BCUT2D eigenvalue weighted by atomic mass is 19.3. The molecule has 4 nitrogen and oxygen atoms in total. The van der Waals surface area contributed by atoms with Crippen molar-refractivity contribution in [3.05, 3.63) is 0 Å². The van der Waals surface area contributed by atoms with Gasteiger partial charge in [-0.1, -0.05) is 0 Å². The maximum absolute atomic E-state index is 12.4. The van der Waals surface area contributed by atoms with Gasteiger partial charge in [0.05, 0.1) is 18.1 Å². The van der Waals surface area contributed by atoms with Gasteiger partial charge in [-0.25, -0.2) is 8.78 Å². The lowest BCUT2D eigenvalue weighted by Crippen LogP contribution is -2.56. The number of β-amino-alcohol motifs (C(OH)–C–C–N with tert-alkyl or cyclic N) is 1. The van der Waals surface area contributed by atoms with E-state index < -0.39 is 30.8 Å². The molecule has 4 atom stereocenters. The molecule has 0 aromatic rings. The minimum atomic E-state index is -2.69. The highest BCUT2D eigenvalue weighted by Gasteiger charge is 2.40. The van der Waals surface area contributed by atoms with E-state index in [1.54, 1.807) is 0 Å². The van der Waals surface area contributed by atoms with Gasteiger partial charge in [-0.2, -0.15) is 0 Å². The van der Waals surface area contributed by atoms with Crippen molar-refractivity contribution in [1.82, 2.24) is 4.90 Å². The number of nitrogens with zero attached hydrogens (tertiary/aromatic N) is 1. The standard InChI is InChI=1S/C8H15F2NO3/c1-4(12)11-2-5(8(9)10)7(14)6(13)3-11/h4-8,12-14H,2-3H2,1H3. The second-order valence-electron chi connectivity index (χ2n) is 3.64. The minimum absolute atomic E-state index is 0.0159. The van der Waals surface area contributed by atoms with E-state index in [1.807, 2.05) is 0 Å². The zero-order valence-corrected chi connectivity index (χ0v) is 7.85. The number of aliphatic hydroxyl groups excluding tert-OH is 3. The minimum Gasteiger partial charge on any atom is -0.390 e. The first-order valence-corrected chi connectivity index (χ1v) is 4.50. The molecule has 14 heavy (non-hydrogen) atoms. The number of piperidine rings is 1. The number of hydrogen-bond donors (Lipinski definition) is 3. The van der Waals surface area contributed by atoms with Crippen LogP contribution in [0.15, 0.2) is 0 Å². The summed E-state index contributed by atoms with van der Waals surface area (Å²) in [6.07, 6.45) is -6.22. The predicted molar refractivity (Wildman–Crippen MR) is 44.8 cm³/mol. The summed E-state index contributed by atoms with van der Waals surface area (Å²) >= 11 is 0. The van der Waals surface area contributed by atoms with Crippen molar-refractivity contribution in [3.63, 3.8) is 0 Å². The predicted octanol–water partition coefficient (Wildman–Crippen LogP) is -0.757. The molecule has 6 heteroatoms. The van der Waals surface area contributed by atoms with Crippen molar-refractivity contribution < 1.29 is 24.1 Å². The Hall–Kier alpha value is -0.300. The van der Waals surface area contributed by atoms with Crippen LogP contribution < -0.4 is 0 Å². The zero-order chi connectivity index (χ0) is 10.9. The summed E-state index contributed by atoms with van der Waals surface area (Å²) in [7, 11) is 0. The summed E-state index contributed by atoms with van der Waals surface area (Å²) in [5, 5.41) is 27.7. The third kappa shape index (κ3) is 2.38. The number of rotatable bonds is 2. The molecular formula is C8H15F2NO3. The normalized spacial score (nSPS) is 37.5. The van der Waals surface area contributed by atoms with Gasteiger partial charge in [0.25, 0.3) is 0 Å². The van der Waals surface area contributed by atoms with Gasteiger partial charge in [0, 0.05) is 13.1 Å². The largest absolute Gasteiger partial charge is 0.390 e. The molecule has 3 N–H and O–H groups in total. The van der Waals surface area contributed by atoms with Crippen molar-refractivity contribution in [3.8, 4) is 0 Å². The topological polar surface area (TPSA) is 63.9 Å². The molecule has 1 saturated heterocycles. The Balaban J connectivity index is 2.66. The molecule has 0 aromatic carbocycles. The number of alkyl halides is 2. The smallest absolute Gasteiger partial charge is 0.245 e. The first-order valence-electron chi connectivity index (χ1n) is 4.50. The van der Waals surface area contributed by atoms with Crippen LogP contribution in [0.2, 0.25) is 0 Å². The van der Waals surface area contributed by atoms with Crippen molar-refractivity contribution in [2.24, 2.45) is 5.92 Å². The summed E-state index contributed by atoms with van der Waals surface area (Å²) in [5.41, 5.74) is 0. The molecule has 1 aliphatic rings. The molecule has 0 radical (unpaired) electrons. The maximum Gasteiger partial charge on any atom is 0.245 e. The van der Waals surface area contributed by atoms with Crippen LogP contribution in [-0.2, 0) is 0 Å². The van der Waals surface area contributed by atoms with Crippen LogP contribution in [-0.4, -0.2) is 58.2 Å². The van der Waals surface area contributed by atoms with Gasteiger partial charge in [-0.15, -0.1) is 0 Å². The Labute approximate surface area is 80.8 Å². The molecule has 0 aliphatic carbocycles. The van der Waals surface area contributed by atoms with Crippen LogP contribution in [0.1, 0.15) is 6.92 Å². The summed E-state index contributed by atoms with van der Waals surface area (Å²) in [6.45, 7) is 1.35. The van der Waals surface area contributed by atoms with Crippen molar-refractivity contribution in [2.75, 3.05) is 13.1 Å². The van der Waals surface area contributed by atoms with E-state index in [0.717, 1.165) is 0 Å². The van der Waals surface area contributed by atoms with Gasteiger partial charge in [0.15, 0.2) is 0 Å². The molecule has 0 spiro atoms. The molecule has 0 saturated carbocycles. The van der Waals surface area contributed by atoms with Gasteiger partial charge >= 0.3 is 0 Å². The Morgan fingerprint density at radius 2 is 1.86 bits per heavy atom. The molecule has 0 aromatic heterocycles. The number of hydrogen-bond acceptors (Lipinski definition) is 4. The molecule has 84 valence electrons. The van der Waals surface area contributed by atoms with Gasteiger partial charge in [0.2, 0.25) is 6.43 Å². The van der Waals surface area contributed by atoms with E-state index in [0.29, 0.717) is 0 Å². The van der Waals surface area contributed by atoms with E-state index in [9.17, 15) is 19.0 Å². The summed E-state index contributed by atoms with van der Waals surface area (Å²) in [5.74, 6) is -1.30. The fourth-order valence-corrected chi connectivity index (χ4v) is 1.62. The van der Waals surface area contributed by atoms with Crippen molar-refractivity contribution in [2.45, 2.75) is 31.8 Å². The third-order valence-electron chi connectivity index (χ3n) is 2.55. The average Bonchev–Trinajstić information content (AvgIpc) is 2.08. The van der Waals surface area contributed by atoms with E-state index >= 15 is 0 Å². The number of aliphatic hydroxyl groups is 3. The third-order valence-corrected chi connectivity index (χ3v) is 2.55. The average molecular weight is 211 g/mol. The zero-order valence-electron chi connectivity index (χ0n) is 7.85. The van der Waals surface area contributed by atoms with Crippen molar-refractivity contribution in [1.29, 1.82) is 0 Å². The molecule has 1 rings (SSSR count). The second-order valence-corrected chi connectivity index (χ2v) is 3.64. The highest BCUT2D eigenvalue weighted by Crippen LogP contribution is 2.24. The molecule has 4 unspecified atom stereocenters. The Morgan fingerprint density at radius 3 is 2.29 bits per heavy atom. The van der Waals surface area contributed by atoms with Gasteiger partial charge in [-0.3, -0.25) is 4.90 Å². The summed E-state index contributed by atoms with van der Waals surface area (Å²) in [6, 6.07) is 0. The lowest BCUT2D eigenvalue weighted by molar-refractivity contribution is -0.144. The van der Waals surface area contributed by atoms with Crippen LogP contribution in [0.25, 0.3) is 0 Å². The fourth-order valence-electron chi connectivity index (χ4n) is 1.62. The fraction of sp³-hybridized carbons (Fsp3) is 1.00. The maximum atomic E-state index is 12.4. The van der Waals surface area contributed by atoms with E-state index in [-0.39, 0.29) is 13.1 Å². The van der Waals surface area contributed by atoms with Crippen LogP contribution in [0.5, 0.6) is 0 Å². The Bertz CT molecular complexity index is 191. The summed E-state index contributed by atoms with van der Waals surface area (Å²) < 4.78 is 24.8. The van der Waals surface area contributed by atoms with Gasteiger partial charge < -0.3 is 15.3 Å². The van der Waals surface area contributed by atoms with E-state index in [1.165, 1.54) is 11.8 Å². The van der Waals surface area contributed by atoms with Gasteiger partial charge in [0.1, 0.15) is 6.23 Å².